The lowest BCUT2D eigenvalue weighted by Crippen LogP contribution is -2.44. The van der Waals surface area contributed by atoms with E-state index in [9.17, 15) is 0 Å². The van der Waals surface area contributed by atoms with Gasteiger partial charge in [-0.2, -0.15) is 0 Å². The van der Waals surface area contributed by atoms with Gasteiger partial charge in [0.05, 0.1) is 0 Å². The minimum Gasteiger partial charge on any atom is -0.316 e. The molecule has 0 aliphatic heterocycles. The Morgan fingerprint density at radius 1 is 1.16 bits per heavy atom. The monoisotopic (exact) mass is 257 g/mol. The van der Waals surface area contributed by atoms with Gasteiger partial charge >= 0.3 is 0 Å². The molecule has 3 rings (SSSR count). The Bertz CT molecular complexity index is 417. The lowest BCUT2D eigenvalue weighted by Gasteiger charge is -2.42. The molecule has 0 spiro atoms. The molecule has 1 fully saturated rings. The highest BCUT2D eigenvalue weighted by Gasteiger charge is 2.37. The molecule has 0 heterocycles. The van der Waals surface area contributed by atoms with Crippen molar-refractivity contribution in [2.24, 2.45) is 11.8 Å². The Kier molecular flexibility index (Phi) is 3.93. The predicted octanol–water partition coefficient (Wildman–Crippen LogP) is 4.13. The Hall–Kier alpha value is -0.820. The molecule has 1 aromatic carbocycles. The van der Waals surface area contributed by atoms with E-state index in [4.69, 9.17) is 0 Å². The number of benzene rings is 1. The lowest BCUT2D eigenvalue weighted by atomic mass is 9.66. The summed E-state index contributed by atoms with van der Waals surface area (Å²) in [7, 11) is 2.16. The zero-order valence-corrected chi connectivity index (χ0v) is 12.4. The van der Waals surface area contributed by atoms with Crippen LogP contribution < -0.4 is 5.32 Å². The predicted molar refractivity (Wildman–Crippen MR) is 81.5 cm³/mol. The normalized spacial score (nSPS) is 31.4. The smallest absolute Gasteiger partial charge is 0.0164 e. The molecule has 1 aromatic rings. The van der Waals surface area contributed by atoms with Crippen LogP contribution >= 0.6 is 0 Å². The second kappa shape index (κ2) is 5.66. The van der Waals surface area contributed by atoms with E-state index in [1.807, 2.05) is 0 Å². The average molecular weight is 257 g/mol. The molecule has 2 unspecified atom stereocenters. The number of rotatable bonds is 4. The topological polar surface area (TPSA) is 12.0 Å². The molecular weight excluding hydrogens is 230 g/mol. The standard InChI is InChI=1S/C18H27N/c1-3-13-8-10-14(11-9-13)18(19-2)17-12-15-6-4-5-7-16(15)17/h4-7,13-14,17-19H,3,8-12H2,1-2H3. The zero-order valence-electron chi connectivity index (χ0n) is 12.4. The van der Waals surface area contributed by atoms with Crippen molar-refractivity contribution in [3.8, 4) is 0 Å². The molecular formula is C18H27N. The average Bonchev–Trinajstić information content (AvgIpc) is 2.45. The van der Waals surface area contributed by atoms with Gasteiger partial charge in [-0.3, -0.25) is 0 Å². The van der Waals surface area contributed by atoms with E-state index in [1.54, 1.807) is 11.1 Å². The van der Waals surface area contributed by atoms with E-state index in [0.717, 1.165) is 17.8 Å². The number of likely N-dealkylation sites (N-methyl/N-ethyl adjacent to an activating group) is 1. The molecule has 0 saturated heterocycles. The molecule has 0 aromatic heterocycles. The summed E-state index contributed by atoms with van der Waals surface area (Å²) in [6, 6.07) is 9.72. The first-order valence-electron chi connectivity index (χ1n) is 8.08. The van der Waals surface area contributed by atoms with Crippen LogP contribution in [0.4, 0.5) is 0 Å². The van der Waals surface area contributed by atoms with Crippen LogP contribution in [-0.4, -0.2) is 13.1 Å². The second-order valence-electron chi connectivity index (χ2n) is 6.51. The molecule has 2 atom stereocenters. The number of hydrogen-bond donors (Lipinski definition) is 1. The first-order valence-corrected chi connectivity index (χ1v) is 8.08. The zero-order chi connectivity index (χ0) is 13.2. The maximum atomic E-state index is 3.65. The minimum absolute atomic E-state index is 0.702. The molecule has 0 amide bonds. The fraction of sp³-hybridized carbons (Fsp3) is 0.667. The van der Waals surface area contributed by atoms with Crippen molar-refractivity contribution in [1.29, 1.82) is 0 Å². The molecule has 1 N–H and O–H groups in total. The Balaban J connectivity index is 1.67. The summed E-state index contributed by atoms with van der Waals surface area (Å²) < 4.78 is 0. The molecule has 1 saturated carbocycles. The van der Waals surface area contributed by atoms with Gasteiger partial charge in [-0.25, -0.2) is 0 Å². The summed E-state index contributed by atoms with van der Waals surface area (Å²) in [6.07, 6.45) is 8.44. The van der Waals surface area contributed by atoms with E-state index in [1.165, 1.54) is 38.5 Å². The summed E-state index contributed by atoms with van der Waals surface area (Å²) in [5, 5.41) is 3.65. The van der Waals surface area contributed by atoms with E-state index < -0.39 is 0 Å². The SMILES string of the molecule is CCC1CCC(C(NC)C2Cc3ccccc32)CC1. The van der Waals surface area contributed by atoms with Gasteiger partial charge in [-0.1, -0.05) is 50.5 Å². The van der Waals surface area contributed by atoms with Crippen LogP contribution in [0, 0.1) is 11.8 Å². The fourth-order valence-electron chi connectivity index (χ4n) is 4.34. The van der Waals surface area contributed by atoms with Crippen LogP contribution in [0.1, 0.15) is 56.1 Å². The first kappa shape index (κ1) is 13.2. The first-order chi connectivity index (χ1) is 9.33. The van der Waals surface area contributed by atoms with Crippen LogP contribution in [0.15, 0.2) is 24.3 Å². The highest BCUT2D eigenvalue weighted by Crippen LogP contribution is 2.43. The van der Waals surface area contributed by atoms with Gasteiger partial charge in [-0.05, 0) is 49.3 Å². The van der Waals surface area contributed by atoms with Crippen molar-refractivity contribution in [2.75, 3.05) is 7.05 Å². The summed E-state index contributed by atoms with van der Waals surface area (Å²) >= 11 is 0. The largest absolute Gasteiger partial charge is 0.316 e. The third-order valence-electron chi connectivity index (χ3n) is 5.64. The van der Waals surface area contributed by atoms with Gasteiger partial charge in [0.2, 0.25) is 0 Å². The number of hydrogen-bond acceptors (Lipinski definition) is 1. The van der Waals surface area contributed by atoms with Gasteiger partial charge in [0.1, 0.15) is 0 Å². The number of fused-ring (bicyclic) bond motifs is 1. The maximum Gasteiger partial charge on any atom is 0.0164 e. The van der Waals surface area contributed by atoms with Crippen molar-refractivity contribution >= 4 is 0 Å². The van der Waals surface area contributed by atoms with E-state index >= 15 is 0 Å². The van der Waals surface area contributed by atoms with Crippen LogP contribution in [-0.2, 0) is 6.42 Å². The van der Waals surface area contributed by atoms with Crippen LogP contribution in [0.3, 0.4) is 0 Å². The number of nitrogens with one attached hydrogen (secondary N) is 1. The highest BCUT2D eigenvalue weighted by atomic mass is 14.9. The highest BCUT2D eigenvalue weighted by molar-refractivity contribution is 5.41. The van der Waals surface area contributed by atoms with Crippen molar-refractivity contribution < 1.29 is 0 Å². The molecule has 1 nitrogen and oxygen atoms in total. The maximum absolute atomic E-state index is 3.65. The molecule has 104 valence electrons. The molecule has 1 heteroatoms. The van der Waals surface area contributed by atoms with Crippen molar-refractivity contribution in [3.63, 3.8) is 0 Å². The molecule has 2 aliphatic rings. The van der Waals surface area contributed by atoms with Crippen molar-refractivity contribution in [1.82, 2.24) is 5.32 Å². The van der Waals surface area contributed by atoms with E-state index in [-0.39, 0.29) is 0 Å². The summed E-state index contributed by atoms with van der Waals surface area (Å²) in [6.45, 7) is 2.35. The van der Waals surface area contributed by atoms with Crippen molar-refractivity contribution in [3.05, 3.63) is 35.4 Å². The van der Waals surface area contributed by atoms with Gasteiger partial charge in [0.15, 0.2) is 0 Å². The minimum atomic E-state index is 0.702. The molecule has 0 bridgehead atoms. The van der Waals surface area contributed by atoms with Gasteiger partial charge in [0.25, 0.3) is 0 Å². The van der Waals surface area contributed by atoms with Crippen LogP contribution in [0.25, 0.3) is 0 Å². The van der Waals surface area contributed by atoms with Crippen LogP contribution in [0.2, 0.25) is 0 Å². The second-order valence-corrected chi connectivity index (χ2v) is 6.51. The Morgan fingerprint density at radius 3 is 2.53 bits per heavy atom. The van der Waals surface area contributed by atoms with Gasteiger partial charge in [-0.15, -0.1) is 0 Å². The molecule has 19 heavy (non-hydrogen) atoms. The van der Waals surface area contributed by atoms with Gasteiger partial charge in [0, 0.05) is 12.0 Å². The van der Waals surface area contributed by atoms with E-state index in [0.29, 0.717) is 6.04 Å². The summed E-state index contributed by atoms with van der Waals surface area (Å²) in [5.74, 6) is 2.66. The third-order valence-corrected chi connectivity index (χ3v) is 5.64. The Labute approximate surface area is 117 Å². The molecule has 2 aliphatic carbocycles. The quantitative estimate of drug-likeness (QED) is 0.855. The molecule has 0 radical (unpaired) electrons. The lowest BCUT2D eigenvalue weighted by molar-refractivity contribution is 0.197. The summed E-state index contributed by atoms with van der Waals surface area (Å²) in [5.41, 5.74) is 3.19. The Morgan fingerprint density at radius 2 is 1.89 bits per heavy atom. The van der Waals surface area contributed by atoms with E-state index in [2.05, 4.69) is 43.6 Å². The third kappa shape index (κ3) is 2.45. The fourth-order valence-corrected chi connectivity index (χ4v) is 4.34. The van der Waals surface area contributed by atoms with Crippen molar-refractivity contribution in [2.45, 2.75) is 57.4 Å². The summed E-state index contributed by atoms with van der Waals surface area (Å²) in [4.78, 5) is 0. The van der Waals surface area contributed by atoms with Gasteiger partial charge < -0.3 is 5.32 Å². The van der Waals surface area contributed by atoms with Crippen LogP contribution in [0.5, 0.6) is 0 Å².